The predicted octanol–water partition coefficient (Wildman–Crippen LogP) is 4.45. The van der Waals surface area contributed by atoms with E-state index in [1.807, 2.05) is 6.92 Å². The third kappa shape index (κ3) is 4.82. The largest absolute Gasteiger partial charge is 0.408 e. The lowest BCUT2D eigenvalue weighted by molar-refractivity contribution is -0.160. The molecular weight excluding hydrogens is 375 g/mol. The second kappa shape index (κ2) is 7.44. The summed E-state index contributed by atoms with van der Waals surface area (Å²) < 4.78 is 41.1. The molecule has 1 amide bonds. The number of rotatable bonds is 7. The molecule has 2 N–H and O–H groups in total. The first-order valence-corrected chi connectivity index (χ1v) is 10.1. The number of carbonyl (C=O) groups excluding carboxylic acids is 1. The summed E-state index contributed by atoms with van der Waals surface area (Å²) >= 11 is 1.02. The average Bonchev–Trinajstić information content (AvgIpc) is 2.97. The van der Waals surface area contributed by atoms with Gasteiger partial charge in [-0.3, -0.25) is 10.1 Å². The van der Waals surface area contributed by atoms with Crippen LogP contribution >= 0.6 is 11.3 Å². The van der Waals surface area contributed by atoms with Gasteiger partial charge in [-0.25, -0.2) is 0 Å². The van der Waals surface area contributed by atoms with Gasteiger partial charge in [0.2, 0.25) is 5.91 Å². The normalized spacial score (nSPS) is 22.6. The van der Waals surface area contributed by atoms with Crippen LogP contribution in [-0.2, 0) is 4.79 Å². The van der Waals surface area contributed by atoms with Crippen LogP contribution in [-0.4, -0.2) is 23.7 Å². The maximum atomic E-state index is 13.7. The van der Waals surface area contributed by atoms with Crippen LogP contribution in [0, 0.1) is 16.7 Å². The van der Waals surface area contributed by atoms with Gasteiger partial charge in [-0.05, 0) is 49.0 Å². The van der Waals surface area contributed by atoms with E-state index in [4.69, 9.17) is 0 Å². The molecule has 2 fully saturated rings. The van der Waals surface area contributed by atoms with Gasteiger partial charge in [0.1, 0.15) is 11.6 Å². The summed E-state index contributed by atoms with van der Waals surface area (Å²) in [5.74, 6) is -0.506. The van der Waals surface area contributed by atoms with E-state index in [-0.39, 0.29) is 10.3 Å². The lowest BCUT2D eigenvalue weighted by Gasteiger charge is -2.33. The van der Waals surface area contributed by atoms with Crippen LogP contribution in [0.4, 0.5) is 13.2 Å². The van der Waals surface area contributed by atoms with E-state index in [1.54, 1.807) is 11.4 Å². The van der Waals surface area contributed by atoms with Crippen LogP contribution in [0.2, 0.25) is 0 Å². The van der Waals surface area contributed by atoms with Crippen molar-refractivity contribution < 1.29 is 18.0 Å². The number of halogens is 3. The van der Waals surface area contributed by atoms with Gasteiger partial charge in [0.05, 0.1) is 12.1 Å². The van der Waals surface area contributed by atoms with Crippen molar-refractivity contribution in [3.05, 3.63) is 22.4 Å². The highest BCUT2D eigenvalue weighted by atomic mass is 32.1. The Morgan fingerprint density at radius 1 is 1.33 bits per heavy atom. The van der Waals surface area contributed by atoms with Gasteiger partial charge in [0.15, 0.2) is 0 Å². The van der Waals surface area contributed by atoms with Crippen LogP contribution in [0.3, 0.4) is 0 Å². The molecule has 0 aromatic carbocycles. The molecular formula is C19H24F3N3OS. The number of carbonyl (C=O) groups is 1. The first-order valence-electron chi connectivity index (χ1n) is 9.26. The van der Waals surface area contributed by atoms with Gasteiger partial charge < -0.3 is 5.32 Å². The predicted molar refractivity (Wildman–Crippen MR) is 97.0 cm³/mol. The standard InChI is InChI=1S/C19H24F3N3OS/c1-17(6-2-3-7-17)11-13(16(26)25-18(12-23)8-9-18)24-15(19(20,21)22)14-5-4-10-27-14/h4-5,10,13,15,24H,2-3,6-9,11H2,1H3,(H,25,26)/t13-,15-/m0/s1. The summed E-state index contributed by atoms with van der Waals surface area (Å²) in [7, 11) is 0. The minimum atomic E-state index is -4.51. The second-order valence-corrected chi connectivity index (χ2v) is 9.09. The first-order chi connectivity index (χ1) is 12.7. The van der Waals surface area contributed by atoms with Gasteiger partial charge in [-0.2, -0.15) is 18.4 Å². The number of alkyl halides is 3. The Labute approximate surface area is 161 Å². The Kier molecular flexibility index (Phi) is 5.55. The Morgan fingerprint density at radius 3 is 2.48 bits per heavy atom. The molecule has 148 valence electrons. The summed E-state index contributed by atoms with van der Waals surface area (Å²) in [6.45, 7) is 2.03. The van der Waals surface area contributed by atoms with Crippen LogP contribution in [0.5, 0.6) is 0 Å². The van der Waals surface area contributed by atoms with Crippen molar-refractivity contribution >= 4 is 17.2 Å². The maximum absolute atomic E-state index is 13.7. The molecule has 0 spiro atoms. The number of thiophene rings is 1. The summed E-state index contributed by atoms with van der Waals surface area (Å²) in [6.07, 6.45) is 0.779. The minimum Gasteiger partial charge on any atom is -0.336 e. The van der Waals surface area contributed by atoms with Crippen LogP contribution in [0.15, 0.2) is 17.5 Å². The average molecular weight is 399 g/mol. The van der Waals surface area contributed by atoms with Gasteiger partial charge in [-0.15, -0.1) is 11.3 Å². The number of amides is 1. The molecule has 0 saturated heterocycles. The topological polar surface area (TPSA) is 64.9 Å². The van der Waals surface area contributed by atoms with E-state index in [0.717, 1.165) is 37.0 Å². The number of nitrogens with zero attached hydrogens (tertiary/aromatic N) is 1. The molecule has 0 unspecified atom stereocenters. The number of hydrogen-bond donors (Lipinski definition) is 2. The fourth-order valence-corrected chi connectivity index (χ4v) is 4.67. The van der Waals surface area contributed by atoms with E-state index in [0.29, 0.717) is 19.3 Å². The quantitative estimate of drug-likeness (QED) is 0.712. The highest BCUT2D eigenvalue weighted by Crippen LogP contribution is 2.43. The number of hydrogen-bond acceptors (Lipinski definition) is 4. The van der Waals surface area contributed by atoms with E-state index in [9.17, 15) is 23.2 Å². The molecule has 3 rings (SSSR count). The Bertz CT molecular complexity index is 701. The Hall–Kier alpha value is -1.59. The van der Waals surface area contributed by atoms with Crippen molar-refractivity contribution in [2.75, 3.05) is 0 Å². The lowest BCUT2D eigenvalue weighted by Crippen LogP contribution is -2.53. The monoisotopic (exact) mass is 399 g/mol. The highest BCUT2D eigenvalue weighted by Gasteiger charge is 2.48. The summed E-state index contributed by atoms with van der Waals surface area (Å²) in [5, 5.41) is 16.1. The molecule has 8 heteroatoms. The van der Waals surface area contributed by atoms with Crippen molar-refractivity contribution in [1.29, 1.82) is 5.26 Å². The fourth-order valence-electron chi connectivity index (χ4n) is 3.86. The molecule has 1 heterocycles. The van der Waals surface area contributed by atoms with E-state index >= 15 is 0 Å². The highest BCUT2D eigenvalue weighted by molar-refractivity contribution is 7.10. The van der Waals surface area contributed by atoms with Crippen molar-refractivity contribution in [3.8, 4) is 6.07 Å². The van der Waals surface area contributed by atoms with Gasteiger partial charge in [0.25, 0.3) is 0 Å². The lowest BCUT2D eigenvalue weighted by atomic mass is 9.81. The smallest absolute Gasteiger partial charge is 0.336 e. The molecule has 2 saturated carbocycles. The zero-order valence-corrected chi connectivity index (χ0v) is 16.1. The van der Waals surface area contributed by atoms with Crippen molar-refractivity contribution in [1.82, 2.24) is 10.6 Å². The third-order valence-electron chi connectivity index (χ3n) is 5.67. The molecule has 1 aromatic rings. The Morgan fingerprint density at radius 2 is 2.00 bits per heavy atom. The molecule has 0 bridgehead atoms. The van der Waals surface area contributed by atoms with Crippen LogP contribution < -0.4 is 10.6 Å². The molecule has 2 aliphatic rings. The zero-order valence-electron chi connectivity index (χ0n) is 15.2. The van der Waals surface area contributed by atoms with Gasteiger partial charge in [-0.1, -0.05) is 25.8 Å². The summed E-state index contributed by atoms with van der Waals surface area (Å²) in [4.78, 5) is 13.0. The molecule has 2 atom stereocenters. The Balaban J connectivity index is 1.81. The third-order valence-corrected chi connectivity index (χ3v) is 6.61. The SMILES string of the molecule is CC1(C[C@H](N[C@@H](c2cccs2)C(F)(F)F)C(=O)NC2(C#N)CC2)CCCC1. The van der Waals surface area contributed by atoms with Crippen molar-refractivity contribution in [2.45, 2.75) is 75.7 Å². The number of nitrogens with one attached hydrogen (secondary N) is 2. The summed E-state index contributed by atoms with van der Waals surface area (Å²) in [5.41, 5.74) is -1.06. The molecule has 2 aliphatic carbocycles. The van der Waals surface area contributed by atoms with Crippen molar-refractivity contribution in [2.24, 2.45) is 5.41 Å². The minimum absolute atomic E-state index is 0.137. The molecule has 0 radical (unpaired) electrons. The molecule has 0 aliphatic heterocycles. The van der Waals surface area contributed by atoms with Gasteiger partial charge >= 0.3 is 6.18 Å². The molecule has 1 aromatic heterocycles. The maximum Gasteiger partial charge on any atom is 0.408 e. The molecule has 4 nitrogen and oxygen atoms in total. The first kappa shape index (κ1) is 20.2. The second-order valence-electron chi connectivity index (χ2n) is 8.11. The van der Waals surface area contributed by atoms with Crippen LogP contribution in [0.25, 0.3) is 0 Å². The van der Waals surface area contributed by atoms with E-state index in [2.05, 4.69) is 16.7 Å². The fraction of sp³-hybridized carbons (Fsp3) is 0.684. The summed E-state index contributed by atoms with van der Waals surface area (Å²) in [6, 6.07) is 2.19. The number of nitriles is 1. The van der Waals surface area contributed by atoms with Gasteiger partial charge in [0, 0.05) is 4.88 Å². The van der Waals surface area contributed by atoms with Crippen molar-refractivity contribution in [3.63, 3.8) is 0 Å². The van der Waals surface area contributed by atoms with Crippen LogP contribution in [0.1, 0.15) is 62.8 Å². The van der Waals surface area contributed by atoms with E-state index < -0.39 is 29.7 Å². The zero-order chi connectivity index (χ0) is 19.7. The van der Waals surface area contributed by atoms with E-state index in [1.165, 1.54) is 6.07 Å². The molecule has 27 heavy (non-hydrogen) atoms.